The highest BCUT2D eigenvalue weighted by molar-refractivity contribution is 6.41. The number of amides is 2. The molecule has 1 aromatic heterocycles. The van der Waals surface area contributed by atoms with Crippen molar-refractivity contribution in [2.75, 3.05) is 11.9 Å². The maximum Gasteiger partial charge on any atom is 0.313 e. The van der Waals surface area contributed by atoms with Gasteiger partial charge in [-0.15, -0.1) is 0 Å². The van der Waals surface area contributed by atoms with Crippen LogP contribution in [0.4, 0.5) is 5.69 Å². The van der Waals surface area contributed by atoms with E-state index in [-0.39, 0.29) is 5.15 Å². The van der Waals surface area contributed by atoms with Crippen LogP contribution in [0.1, 0.15) is 6.92 Å². The fourth-order valence-electron chi connectivity index (χ4n) is 0.899. The van der Waals surface area contributed by atoms with Gasteiger partial charge in [0.25, 0.3) is 0 Å². The summed E-state index contributed by atoms with van der Waals surface area (Å²) in [7, 11) is 0. The summed E-state index contributed by atoms with van der Waals surface area (Å²) < 4.78 is 0. The summed E-state index contributed by atoms with van der Waals surface area (Å²) in [6, 6.07) is 3.17. The van der Waals surface area contributed by atoms with Gasteiger partial charge in [0.05, 0.1) is 5.69 Å². The van der Waals surface area contributed by atoms with Crippen molar-refractivity contribution in [3.05, 3.63) is 23.5 Å². The van der Waals surface area contributed by atoms with E-state index in [4.69, 9.17) is 11.6 Å². The van der Waals surface area contributed by atoms with Gasteiger partial charge in [-0.2, -0.15) is 0 Å². The van der Waals surface area contributed by atoms with E-state index in [1.54, 1.807) is 19.1 Å². The van der Waals surface area contributed by atoms with E-state index in [1.807, 2.05) is 0 Å². The van der Waals surface area contributed by atoms with Crippen LogP contribution in [0.25, 0.3) is 0 Å². The highest BCUT2D eigenvalue weighted by atomic mass is 35.5. The predicted molar refractivity (Wildman–Crippen MR) is 56.6 cm³/mol. The number of aromatic nitrogens is 1. The van der Waals surface area contributed by atoms with Gasteiger partial charge in [-0.1, -0.05) is 11.6 Å². The first-order valence-electron chi connectivity index (χ1n) is 4.35. The van der Waals surface area contributed by atoms with Crippen molar-refractivity contribution in [1.82, 2.24) is 10.3 Å². The zero-order valence-electron chi connectivity index (χ0n) is 8.08. The molecular weight excluding hydrogens is 218 g/mol. The van der Waals surface area contributed by atoms with Crippen molar-refractivity contribution < 1.29 is 9.59 Å². The van der Waals surface area contributed by atoms with Gasteiger partial charge in [-0.25, -0.2) is 4.98 Å². The Labute approximate surface area is 91.8 Å². The molecule has 80 valence electrons. The van der Waals surface area contributed by atoms with Gasteiger partial charge < -0.3 is 10.6 Å². The van der Waals surface area contributed by atoms with E-state index >= 15 is 0 Å². The molecule has 0 saturated carbocycles. The maximum absolute atomic E-state index is 11.2. The van der Waals surface area contributed by atoms with Crippen molar-refractivity contribution >= 4 is 29.1 Å². The van der Waals surface area contributed by atoms with E-state index in [1.165, 1.54) is 6.20 Å². The third kappa shape index (κ3) is 3.21. The molecular formula is C9H10ClN3O2. The summed E-state index contributed by atoms with van der Waals surface area (Å²) in [5, 5.41) is 4.87. The third-order valence-corrected chi connectivity index (χ3v) is 1.85. The summed E-state index contributed by atoms with van der Waals surface area (Å²) >= 11 is 5.69. The number of pyridine rings is 1. The monoisotopic (exact) mass is 227 g/mol. The van der Waals surface area contributed by atoms with Gasteiger partial charge in [-0.05, 0) is 19.1 Å². The molecule has 2 N–H and O–H groups in total. The molecule has 0 aliphatic carbocycles. The number of hydrogen-bond acceptors (Lipinski definition) is 3. The zero-order chi connectivity index (χ0) is 11.3. The van der Waals surface area contributed by atoms with Gasteiger partial charge in [-0.3, -0.25) is 9.59 Å². The maximum atomic E-state index is 11.2. The lowest BCUT2D eigenvalue weighted by Gasteiger charge is -2.05. The largest absolute Gasteiger partial charge is 0.348 e. The Morgan fingerprint density at radius 2 is 2.20 bits per heavy atom. The van der Waals surface area contributed by atoms with E-state index in [9.17, 15) is 9.59 Å². The summed E-state index contributed by atoms with van der Waals surface area (Å²) in [6.07, 6.45) is 1.49. The quantitative estimate of drug-likeness (QED) is 0.580. The fourth-order valence-corrected chi connectivity index (χ4v) is 1.07. The Morgan fingerprint density at radius 1 is 1.47 bits per heavy atom. The van der Waals surface area contributed by atoms with Gasteiger partial charge in [0.15, 0.2) is 5.15 Å². The number of halogens is 1. The average molecular weight is 228 g/mol. The van der Waals surface area contributed by atoms with E-state index in [2.05, 4.69) is 15.6 Å². The van der Waals surface area contributed by atoms with Gasteiger partial charge >= 0.3 is 11.8 Å². The highest BCUT2D eigenvalue weighted by Crippen LogP contribution is 2.16. The van der Waals surface area contributed by atoms with Crippen LogP contribution >= 0.6 is 11.6 Å². The lowest BCUT2D eigenvalue weighted by Crippen LogP contribution is -2.35. The molecule has 0 aliphatic heterocycles. The van der Waals surface area contributed by atoms with Crippen LogP contribution in [0, 0.1) is 0 Å². The van der Waals surface area contributed by atoms with Crippen LogP contribution in [0.3, 0.4) is 0 Å². The van der Waals surface area contributed by atoms with Gasteiger partial charge in [0.1, 0.15) is 0 Å². The van der Waals surface area contributed by atoms with Crippen molar-refractivity contribution in [1.29, 1.82) is 0 Å². The summed E-state index contributed by atoms with van der Waals surface area (Å²) in [4.78, 5) is 26.1. The van der Waals surface area contributed by atoms with Crippen LogP contribution in [0.2, 0.25) is 5.15 Å². The van der Waals surface area contributed by atoms with Crippen LogP contribution in [-0.2, 0) is 9.59 Å². The minimum atomic E-state index is -0.758. The number of nitrogens with one attached hydrogen (secondary N) is 2. The molecule has 0 bridgehead atoms. The molecule has 0 radical (unpaired) electrons. The Kier molecular flexibility index (Phi) is 4.05. The molecule has 0 aromatic carbocycles. The molecule has 0 fully saturated rings. The van der Waals surface area contributed by atoms with Crippen LogP contribution in [0.5, 0.6) is 0 Å². The summed E-state index contributed by atoms with van der Waals surface area (Å²) in [5.74, 6) is -1.45. The number of carbonyl (C=O) groups excluding carboxylic acids is 2. The van der Waals surface area contributed by atoms with Crippen LogP contribution in [-0.4, -0.2) is 23.3 Å². The molecule has 2 amide bonds. The zero-order valence-corrected chi connectivity index (χ0v) is 8.84. The molecule has 0 aliphatic rings. The Hall–Kier alpha value is -1.62. The minimum absolute atomic E-state index is 0.148. The molecule has 0 atom stereocenters. The molecule has 5 nitrogen and oxygen atoms in total. The molecule has 0 saturated heterocycles. The summed E-state index contributed by atoms with van der Waals surface area (Å²) in [5.41, 5.74) is 0.315. The first-order valence-corrected chi connectivity index (χ1v) is 4.72. The number of likely N-dealkylation sites (N-methyl/N-ethyl adjacent to an activating group) is 1. The van der Waals surface area contributed by atoms with Gasteiger partial charge in [0.2, 0.25) is 0 Å². The average Bonchev–Trinajstić information content (AvgIpc) is 2.21. The van der Waals surface area contributed by atoms with E-state index in [0.29, 0.717) is 12.2 Å². The molecule has 0 spiro atoms. The fraction of sp³-hybridized carbons (Fsp3) is 0.222. The SMILES string of the molecule is CCNC(=O)C(=O)Nc1cccnc1Cl. The number of carbonyl (C=O) groups is 2. The Morgan fingerprint density at radius 3 is 2.80 bits per heavy atom. The van der Waals surface area contributed by atoms with Crippen molar-refractivity contribution in [3.8, 4) is 0 Å². The van der Waals surface area contributed by atoms with Crippen molar-refractivity contribution in [3.63, 3.8) is 0 Å². The number of rotatable bonds is 2. The lowest BCUT2D eigenvalue weighted by atomic mass is 10.4. The smallest absolute Gasteiger partial charge is 0.313 e. The molecule has 1 rings (SSSR count). The van der Waals surface area contributed by atoms with E-state index in [0.717, 1.165) is 0 Å². The molecule has 1 aromatic rings. The molecule has 1 heterocycles. The Balaban J connectivity index is 2.67. The Bertz CT molecular complexity index is 381. The number of anilines is 1. The van der Waals surface area contributed by atoms with Crippen molar-refractivity contribution in [2.45, 2.75) is 6.92 Å². The van der Waals surface area contributed by atoms with Crippen molar-refractivity contribution in [2.24, 2.45) is 0 Å². The second-order valence-corrected chi connectivity index (χ2v) is 3.01. The van der Waals surface area contributed by atoms with Gasteiger partial charge in [0, 0.05) is 12.7 Å². The molecule has 15 heavy (non-hydrogen) atoms. The normalized spacial score (nSPS) is 9.47. The standard InChI is InChI=1S/C9H10ClN3O2/c1-2-11-8(14)9(15)13-6-4-3-5-12-7(6)10/h3-5H,2H2,1H3,(H,11,14)(H,13,15). The number of hydrogen-bond donors (Lipinski definition) is 2. The van der Waals surface area contributed by atoms with E-state index < -0.39 is 11.8 Å². The predicted octanol–water partition coefficient (Wildman–Crippen LogP) is 0.810. The first kappa shape index (κ1) is 11.5. The minimum Gasteiger partial charge on any atom is -0.348 e. The lowest BCUT2D eigenvalue weighted by molar-refractivity contribution is -0.136. The highest BCUT2D eigenvalue weighted by Gasteiger charge is 2.13. The molecule has 0 unspecified atom stereocenters. The second kappa shape index (κ2) is 5.31. The third-order valence-electron chi connectivity index (χ3n) is 1.55. The van der Waals surface area contributed by atoms with Crippen LogP contribution < -0.4 is 10.6 Å². The van der Waals surface area contributed by atoms with Crippen LogP contribution in [0.15, 0.2) is 18.3 Å². The topological polar surface area (TPSA) is 71.1 Å². The number of nitrogens with zero attached hydrogens (tertiary/aromatic N) is 1. The second-order valence-electron chi connectivity index (χ2n) is 2.66. The molecule has 6 heteroatoms. The first-order chi connectivity index (χ1) is 7.15. The summed E-state index contributed by atoms with van der Waals surface area (Å²) in [6.45, 7) is 2.12.